The van der Waals surface area contributed by atoms with Crippen LogP contribution in [-0.2, 0) is 17.9 Å². The van der Waals surface area contributed by atoms with Crippen LogP contribution in [0.2, 0.25) is 19.1 Å². The van der Waals surface area contributed by atoms with Gasteiger partial charge in [0, 0.05) is 19.2 Å². The van der Waals surface area contributed by atoms with E-state index in [9.17, 15) is 4.79 Å². The third kappa shape index (κ3) is 5.22. The molecule has 1 aromatic rings. The van der Waals surface area contributed by atoms with E-state index in [0.29, 0.717) is 13.3 Å². The Balaban J connectivity index is 2.45. The van der Waals surface area contributed by atoms with Gasteiger partial charge < -0.3 is 15.0 Å². The molecule has 0 saturated heterocycles. The van der Waals surface area contributed by atoms with Crippen molar-refractivity contribution in [1.29, 1.82) is 0 Å². The fourth-order valence-corrected chi connectivity index (χ4v) is 2.93. The summed E-state index contributed by atoms with van der Waals surface area (Å²) >= 11 is 3.37. The van der Waals surface area contributed by atoms with E-state index < -0.39 is 8.07 Å². The van der Waals surface area contributed by atoms with Gasteiger partial charge in [0.25, 0.3) is 0 Å². The lowest BCUT2D eigenvalue weighted by molar-refractivity contribution is 0.0851. The van der Waals surface area contributed by atoms with Gasteiger partial charge in [-0.05, 0) is 28.4 Å². The van der Waals surface area contributed by atoms with Gasteiger partial charge in [-0.25, -0.2) is 4.98 Å². The second kappa shape index (κ2) is 7.75. The van der Waals surface area contributed by atoms with Gasteiger partial charge in [-0.1, -0.05) is 19.2 Å². The molecule has 1 rings (SSSR count). The highest BCUT2D eigenvalue weighted by molar-refractivity contribution is 9.10. The third-order valence-electron chi connectivity index (χ3n) is 3.17. The molecule has 5 nitrogen and oxygen atoms in total. The summed E-state index contributed by atoms with van der Waals surface area (Å²) in [6.45, 7) is 8.61. The summed E-state index contributed by atoms with van der Waals surface area (Å²) in [6.07, 6.45) is 5.48. The lowest BCUT2D eigenvalue weighted by Crippen LogP contribution is -2.42. The Kier molecular flexibility index (Phi) is 6.64. The van der Waals surface area contributed by atoms with E-state index in [1.54, 1.807) is 0 Å². The van der Waals surface area contributed by atoms with Gasteiger partial charge in [-0.15, -0.1) is 6.58 Å². The van der Waals surface area contributed by atoms with E-state index in [4.69, 9.17) is 10.5 Å². The first kappa shape index (κ1) is 17.1. The van der Waals surface area contributed by atoms with Gasteiger partial charge in [0.05, 0.1) is 0 Å². The number of aryl methyl sites for hydroxylation is 1. The van der Waals surface area contributed by atoms with Crippen molar-refractivity contribution in [3.63, 3.8) is 0 Å². The average Bonchev–Trinajstić information content (AvgIpc) is 2.72. The minimum Gasteiger partial charge on any atom is -0.374 e. The number of ether oxygens (including phenoxy) is 1. The van der Waals surface area contributed by atoms with Gasteiger partial charge in [0.1, 0.15) is 17.2 Å². The number of carbonyl (C=O) groups is 1. The number of halogens is 1. The average molecular weight is 360 g/mol. The van der Waals surface area contributed by atoms with Crippen molar-refractivity contribution in [2.75, 3.05) is 6.61 Å². The second-order valence-electron chi connectivity index (χ2n) is 5.31. The van der Waals surface area contributed by atoms with Crippen molar-refractivity contribution in [3.8, 4) is 0 Å². The van der Waals surface area contributed by atoms with Gasteiger partial charge in [0.15, 0.2) is 13.6 Å². The number of allylic oxidation sites excluding steroid dienone is 1. The van der Waals surface area contributed by atoms with Crippen LogP contribution in [0.25, 0.3) is 0 Å². The van der Waals surface area contributed by atoms with E-state index >= 15 is 0 Å². The predicted octanol–water partition coefficient (Wildman–Crippen LogP) is 3.11. The fraction of sp³-hybridized carbons (Fsp3) is 0.538. The molecule has 0 unspecified atom stereocenters. The number of carbonyl (C=O) groups excluding carboxylic acids is 1. The van der Waals surface area contributed by atoms with Crippen molar-refractivity contribution in [2.24, 2.45) is 5.73 Å². The minimum absolute atomic E-state index is 0.168. The van der Waals surface area contributed by atoms with Crippen LogP contribution >= 0.6 is 15.9 Å². The monoisotopic (exact) mass is 359 g/mol. The number of imidazole rings is 1. The molecule has 0 radical (unpaired) electrons. The maximum absolute atomic E-state index is 11.3. The van der Waals surface area contributed by atoms with Crippen LogP contribution < -0.4 is 5.73 Å². The van der Waals surface area contributed by atoms with E-state index in [0.717, 1.165) is 29.3 Å². The molecule has 0 aliphatic carbocycles. The molecular formula is C13H22BrN3O2Si. The molecule has 2 N–H and O–H groups in total. The molecule has 1 heterocycles. The summed E-state index contributed by atoms with van der Waals surface area (Å²) in [4.78, 5) is 15.6. The maximum Gasteiger partial charge on any atom is 0.189 e. The Morgan fingerprint density at radius 1 is 1.65 bits per heavy atom. The Morgan fingerprint density at radius 2 is 2.35 bits per heavy atom. The fourth-order valence-electron chi connectivity index (χ4n) is 1.58. The normalized spacial score (nSPS) is 11.6. The standard InChI is InChI=1S/C13H22BrN3O2Si/c1-4-5-6-12-16-11(14)9-17(12)10-19-7-8-20(2,3)13(15)18/h4,9H,1,5-8,10H2,2-3H3,(H2,15,18). The number of hydrogen-bond acceptors (Lipinski definition) is 3. The molecule has 20 heavy (non-hydrogen) atoms. The largest absolute Gasteiger partial charge is 0.374 e. The first-order valence-electron chi connectivity index (χ1n) is 6.57. The summed E-state index contributed by atoms with van der Waals surface area (Å²) in [6, 6.07) is 0.736. The van der Waals surface area contributed by atoms with Crippen LogP contribution in [0.4, 0.5) is 4.79 Å². The first-order chi connectivity index (χ1) is 9.36. The molecule has 0 aromatic carbocycles. The van der Waals surface area contributed by atoms with E-state index in [1.165, 1.54) is 0 Å². The predicted molar refractivity (Wildman–Crippen MR) is 86.3 cm³/mol. The minimum atomic E-state index is -1.98. The number of amides is 1. The van der Waals surface area contributed by atoms with Crippen LogP contribution in [0.15, 0.2) is 23.5 Å². The quantitative estimate of drug-likeness (QED) is 0.418. The van der Waals surface area contributed by atoms with E-state index in [-0.39, 0.29) is 5.53 Å². The van der Waals surface area contributed by atoms with E-state index in [1.807, 2.05) is 29.9 Å². The van der Waals surface area contributed by atoms with Gasteiger partial charge >= 0.3 is 0 Å². The highest BCUT2D eigenvalue weighted by Crippen LogP contribution is 2.13. The molecular weight excluding hydrogens is 338 g/mol. The molecule has 112 valence electrons. The molecule has 1 amide bonds. The highest BCUT2D eigenvalue weighted by Gasteiger charge is 2.27. The Labute approximate surface area is 129 Å². The number of rotatable bonds is 9. The number of aromatic nitrogens is 2. The van der Waals surface area contributed by atoms with Crippen molar-refractivity contribution in [1.82, 2.24) is 9.55 Å². The lowest BCUT2D eigenvalue weighted by atomic mass is 10.3. The second-order valence-corrected chi connectivity index (χ2v) is 10.9. The molecule has 0 saturated carbocycles. The van der Waals surface area contributed by atoms with E-state index in [2.05, 4.69) is 27.5 Å². The van der Waals surface area contributed by atoms with Crippen LogP contribution in [0.1, 0.15) is 12.2 Å². The van der Waals surface area contributed by atoms with Crippen LogP contribution in [0, 0.1) is 0 Å². The van der Waals surface area contributed by atoms with Gasteiger partial charge in [0.2, 0.25) is 0 Å². The van der Waals surface area contributed by atoms with Crippen molar-refractivity contribution in [2.45, 2.75) is 38.7 Å². The van der Waals surface area contributed by atoms with Gasteiger partial charge in [-0.3, -0.25) is 4.79 Å². The third-order valence-corrected chi connectivity index (χ3v) is 6.34. The summed E-state index contributed by atoms with van der Waals surface area (Å²) in [7, 11) is -1.98. The number of nitrogens with two attached hydrogens (primary N) is 1. The molecule has 0 bridgehead atoms. The summed E-state index contributed by atoms with van der Waals surface area (Å²) in [5.74, 6) is 0.961. The number of nitrogens with zero attached hydrogens (tertiary/aromatic N) is 2. The number of hydrogen-bond donors (Lipinski definition) is 1. The molecule has 1 aromatic heterocycles. The van der Waals surface area contributed by atoms with Crippen molar-refractivity contribution in [3.05, 3.63) is 29.3 Å². The maximum atomic E-state index is 11.3. The van der Waals surface area contributed by atoms with Crippen LogP contribution in [-0.4, -0.2) is 29.8 Å². The van der Waals surface area contributed by atoms with Crippen molar-refractivity contribution >= 4 is 29.5 Å². The zero-order chi connectivity index (χ0) is 15.2. The molecule has 7 heteroatoms. The summed E-state index contributed by atoms with van der Waals surface area (Å²) in [5.41, 5.74) is 5.21. The number of primary amides is 1. The first-order valence-corrected chi connectivity index (χ1v) is 10.6. The summed E-state index contributed by atoms with van der Waals surface area (Å²) < 4.78 is 8.41. The zero-order valence-electron chi connectivity index (χ0n) is 12.1. The molecule has 0 aliphatic heterocycles. The lowest BCUT2D eigenvalue weighted by Gasteiger charge is -2.17. The molecule has 0 fully saturated rings. The summed E-state index contributed by atoms with van der Waals surface area (Å²) in [5, 5.41) is 0. The molecule has 0 atom stereocenters. The zero-order valence-corrected chi connectivity index (χ0v) is 14.6. The SMILES string of the molecule is C=CCCc1nc(Br)cn1COCC[Si](C)(C)C(N)=O. The van der Waals surface area contributed by atoms with Crippen molar-refractivity contribution < 1.29 is 9.53 Å². The van der Waals surface area contributed by atoms with Crippen LogP contribution in [0.3, 0.4) is 0 Å². The van der Waals surface area contributed by atoms with Crippen LogP contribution in [0.5, 0.6) is 0 Å². The Morgan fingerprint density at radius 3 is 2.95 bits per heavy atom. The Bertz CT molecular complexity index is 474. The van der Waals surface area contributed by atoms with Gasteiger partial charge in [-0.2, -0.15) is 0 Å². The smallest absolute Gasteiger partial charge is 0.189 e. The molecule has 0 aliphatic rings. The Hall–Kier alpha value is -0.923. The highest BCUT2D eigenvalue weighted by atomic mass is 79.9. The molecule has 0 spiro atoms. The topological polar surface area (TPSA) is 70.1 Å².